The quantitative estimate of drug-likeness (QED) is 0.102. The van der Waals surface area contributed by atoms with Gasteiger partial charge in [0.25, 0.3) is 5.91 Å². The van der Waals surface area contributed by atoms with Crippen molar-refractivity contribution in [2.75, 3.05) is 33.9 Å². The minimum Gasteiger partial charge on any atom is -0.497 e. The Hall–Kier alpha value is -4.51. The lowest BCUT2D eigenvalue weighted by molar-refractivity contribution is -0.170. The number of carboxylic acids is 3. The summed E-state index contributed by atoms with van der Waals surface area (Å²) in [4.78, 5) is 70.1. The number of piperidine rings is 1. The monoisotopic (exact) mass is 735 g/mol. The number of carbonyl (C=O) groups is 5. The molecule has 50 heavy (non-hydrogen) atoms. The van der Waals surface area contributed by atoms with Gasteiger partial charge in [0.1, 0.15) is 5.75 Å². The predicted octanol–water partition coefficient (Wildman–Crippen LogP) is 4.41. The zero-order valence-corrected chi connectivity index (χ0v) is 29.2. The Bertz CT molecular complexity index is 1720. The average molecular weight is 736 g/mol. The summed E-state index contributed by atoms with van der Waals surface area (Å²) in [5, 5.41) is 35.1. The van der Waals surface area contributed by atoms with Crippen LogP contribution in [0.5, 0.6) is 5.75 Å². The van der Waals surface area contributed by atoms with Gasteiger partial charge in [-0.2, -0.15) is 0 Å². The third-order valence-corrected chi connectivity index (χ3v) is 9.72. The minimum atomic E-state index is -2.74. The molecular weight excluding hydrogens is 698 g/mol. The molecule has 15 nitrogen and oxygen atoms in total. The van der Waals surface area contributed by atoms with Crippen LogP contribution in [0.25, 0.3) is 10.9 Å². The van der Waals surface area contributed by atoms with E-state index in [9.17, 15) is 28.9 Å². The van der Waals surface area contributed by atoms with E-state index in [1.165, 1.54) is 0 Å². The molecule has 0 radical (unpaired) electrons. The number of aliphatic carboxylic acids is 3. The second-order valence-electron chi connectivity index (χ2n) is 11.9. The SMILES string of the molecule is COc1ccc2c(c1)c(CC(=O)OCCC1(SN=O)CCN(C)CC1)c(C)n2C(=O)c1ccc(Cl)cc1.O=C(O)CC(O)(CC(=O)O)C(=O)O. The number of nitroso groups, excluding NO2 is 1. The van der Waals surface area contributed by atoms with Gasteiger partial charge in [-0.15, -0.1) is 4.91 Å². The molecule has 2 heterocycles. The molecule has 0 aliphatic carbocycles. The number of methoxy groups -OCH3 is 1. The van der Waals surface area contributed by atoms with E-state index in [-0.39, 0.29) is 23.7 Å². The fourth-order valence-electron chi connectivity index (χ4n) is 5.55. The van der Waals surface area contributed by atoms with Gasteiger partial charge in [0.2, 0.25) is 0 Å². The van der Waals surface area contributed by atoms with E-state index in [0.717, 1.165) is 43.3 Å². The molecule has 0 atom stereocenters. The number of ether oxygens (including phenoxy) is 2. The number of aliphatic hydroxyl groups is 1. The normalized spacial score (nSPS) is 14.3. The number of carbonyl (C=O) groups excluding carboxylic acids is 2. The zero-order valence-electron chi connectivity index (χ0n) is 27.6. The fourth-order valence-corrected chi connectivity index (χ4v) is 6.37. The summed E-state index contributed by atoms with van der Waals surface area (Å²) in [5.74, 6) is -5.00. The van der Waals surface area contributed by atoms with Crippen LogP contribution in [0.15, 0.2) is 47.0 Å². The van der Waals surface area contributed by atoms with E-state index in [0.29, 0.717) is 39.5 Å². The van der Waals surface area contributed by atoms with Crippen LogP contribution >= 0.6 is 23.5 Å². The molecule has 3 aromatic rings. The number of hydrogen-bond donors (Lipinski definition) is 4. The summed E-state index contributed by atoms with van der Waals surface area (Å²) in [6.07, 6.45) is -0.0889. The lowest BCUT2D eigenvalue weighted by Crippen LogP contribution is -2.42. The Morgan fingerprint density at radius 1 is 1.00 bits per heavy atom. The van der Waals surface area contributed by atoms with Crippen molar-refractivity contribution < 1.29 is 53.9 Å². The van der Waals surface area contributed by atoms with Crippen LogP contribution in [0, 0.1) is 11.8 Å². The zero-order chi connectivity index (χ0) is 37.2. The Morgan fingerprint density at radius 3 is 2.12 bits per heavy atom. The number of nitrogens with zero attached hydrogens (tertiary/aromatic N) is 3. The highest BCUT2D eigenvalue weighted by Gasteiger charge is 2.41. The lowest BCUT2D eigenvalue weighted by atomic mass is 9.93. The third kappa shape index (κ3) is 10.3. The summed E-state index contributed by atoms with van der Waals surface area (Å²) in [7, 11) is 3.62. The second-order valence-corrected chi connectivity index (χ2v) is 13.5. The molecule has 0 amide bonds. The minimum absolute atomic E-state index is 0.00517. The molecule has 1 aliphatic rings. The largest absolute Gasteiger partial charge is 0.497 e. The van der Waals surface area contributed by atoms with Crippen molar-refractivity contribution >= 4 is 64.2 Å². The number of carboxylic acid groups (broad SMARTS) is 3. The van der Waals surface area contributed by atoms with Gasteiger partial charge in [-0.25, -0.2) is 4.79 Å². The van der Waals surface area contributed by atoms with Crippen LogP contribution in [-0.4, -0.2) is 104 Å². The van der Waals surface area contributed by atoms with Crippen molar-refractivity contribution in [2.45, 2.75) is 55.8 Å². The summed E-state index contributed by atoms with van der Waals surface area (Å²) < 4.78 is 15.4. The molecule has 0 unspecified atom stereocenters. The number of fused-ring (bicyclic) bond motifs is 1. The molecule has 0 bridgehead atoms. The molecule has 4 rings (SSSR count). The number of halogens is 1. The van der Waals surface area contributed by atoms with E-state index in [1.807, 2.05) is 19.1 Å². The molecule has 1 fully saturated rings. The summed E-state index contributed by atoms with van der Waals surface area (Å²) in [5.41, 5.74) is -0.205. The Labute approximate surface area is 296 Å². The molecule has 1 saturated heterocycles. The van der Waals surface area contributed by atoms with E-state index in [2.05, 4.69) is 16.5 Å². The van der Waals surface area contributed by atoms with Gasteiger partial charge in [0.15, 0.2) is 5.60 Å². The topological polar surface area (TPSA) is 222 Å². The molecule has 1 aromatic heterocycles. The number of hydrogen-bond acceptors (Lipinski definition) is 12. The van der Waals surface area contributed by atoms with Crippen molar-refractivity contribution in [2.24, 2.45) is 4.58 Å². The van der Waals surface area contributed by atoms with Crippen LogP contribution in [0.3, 0.4) is 0 Å². The molecule has 4 N–H and O–H groups in total. The van der Waals surface area contributed by atoms with Crippen molar-refractivity contribution in [1.82, 2.24) is 9.47 Å². The summed E-state index contributed by atoms with van der Waals surface area (Å²) >= 11 is 7.06. The Balaban J connectivity index is 0.000000442. The van der Waals surface area contributed by atoms with Crippen LogP contribution in [0.4, 0.5) is 0 Å². The summed E-state index contributed by atoms with van der Waals surface area (Å²) in [6, 6.07) is 12.1. The van der Waals surface area contributed by atoms with Crippen molar-refractivity contribution in [1.29, 1.82) is 0 Å². The Morgan fingerprint density at radius 2 is 1.60 bits per heavy atom. The van der Waals surface area contributed by atoms with E-state index in [1.54, 1.807) is 42.0 Å². The highest BCUT2D eigenvalue weighted by atomic mass is 35.5. The first-order chi connectivity index (χ1) is 23.5. The average Bonchev–Trinajstić information content (AvgIpc) is 3.31. The maximum absolute atomic E-state index is 13.4. The molecule has 17 heteroatoms. The molecule has 0 spiro atoms. The van der Waals surface area contributed by atoms with E-state index in [4.69, 9.17) is 41.5 Å². The molecule has 0 saturated carbocycles. The first-order valence-corrected chi connectivity index (χ1v) is 16.4. The number of aromatic nitrogens is 1. The van der Waals surface area contributed by atoms with Gasteiger partial charge < -0.3 is 34.8 Å². The van der Waals surface area contributed by atoms with E-state index < -0.39 is 42.3 Å². The number of benzene rings is 2. The maximum atomic E-state index is 13.4. The van der Waals surface area contributed by atoms with Crippen molar-refractivity contribution in [3.63, 3.8) is 0 Å². The molecular formula is C33H38ClN3O12S. The van der Waals surface area contributed by atoms with Gasteiger partial charge in [-0.05, 0) is 94.4 Å². The Kier molecular flexibility index (Phi) is 13.9. The van der Waals surface area contributed by atoms with Crippen LogP contribution in [0.2, 0.25) is 5.02 Å². The second kappa shape index (κ2) is 17.4. The standard InChI is InChI=1S/C27H30ClN3O5S.C6H8O7/c1-18-22(17-25(32)36-15-12-27(37-29-34)10-13-30(2)14-11-27)23-16-21(35-3)8-9-24(23)31(18)26(33)19-4-6-20(28)7-5-19;7-3(8)1-6(13,5(11)12)2-4(9)10/h4-9,16H,10-15,17H2,1-3H3;13H,1-2H2,(H,7,8)(H,9,10)(H,11,12). The van der Waals surface area contributed by atoms with Gasteiger partial charge in [0, 0.05) is 42.9 Å². The maximum Gasteiger partial charge on any atom is 0.336 e. The van der Waals surface area contributed by atoms with Gasteiger partial charge in [0.05, 0.1) is 38.5 Å². The van der Waals surface area contributed by atoms with Gasteiger partial charge in [-0.3, -0.25) is 23.7 Å². The number of esters is 1. The van der Waals surface area contributed by atoms with Gasteiger partial charge in [-0.1, -0.05) is 11.6 Å². The highest BCUT2D eigenvalue weighted by Crippen LogP contribution is 2.39. The molecule has 2 aromatic carbocycles. The highest BCUT2D eigenvalue weighted by molar-refractivity contribution is 7.99. The smallest absolute Gasteiger partial charge is 0.336 e. The molecule has 1 aliphatic heterocycles. The predicted molar refractivity (Wildman–Crippen MR) is 184 cm³/mol. The number of likely N-dealkylation sites (tertiary alicyclic amines) is 1. The summed E-state index contributed by atoms with van der Waals surface area (Å²) in [6.45, 7) is 3.77. The van der Waals surface area contributed by atoms with Crippen LogP contribution in [-0.2, 0) is 30.3 Å². The van der Waals surface area contributed by atoms with Crippen molar-refractivity contribution in [3.8, 4) is 5.75 Å². The first-order valence-electron chi connectivity index (χ1n) is 15.3. The first kappa shape index (κ1) is 39.9. The van der Waals surface area contributed by atoms with E-state index >= 15 is 0 Å². The van der Waals surface area contributed by atoms with Crippen LogP contribution in [0.1, 0.15) is 53.7 Å². The third-order valence-electron chi connectivity index (χ3n) is 8.39. The number of rotatable bonds is 14. The fraction of sp³-hybridized carbons (Fsp3) is 0.424. The van der Waals surface area contributed by atoms with Crippen molar-refractivity contribution in [3.05, 3.63) is 69.2 Å². The molecule has 270 valence electrons. The van der Waals surface area contributed by atoms with Gasteiger partial charge >= 0.3 is 23.9 Å². The van der Waals surface area contributed by atoms with Crippen LogP contribution < -0.4 is 4.74 Å². The lowest BCUT2D eigenvalue weighted by Gasteiger charge is -2.37.